The summed E-state index contributed by atoms with van der Waals surface area (Å²) in [5.41, 5.74) is 4.53. The van der Waals surface area contributed by atoms with Crippen LogP contribution in [0.1, 0.15) is 29.7 Å². The van der Waals surface area contributed by atoms with Crippen LogP contribution in [0, 0.1) is 20.8 Å². The average molecular weight is 323 g/mol. The van der Waals surface area contributed by atoms with Gasteiger partial charge >= 0.3 is 0 Å². The van der Waals surface area contributed by atoms with Gasteiger partial charge in [-0.2, -0.15) is 4.98 Å². The predicted octanol–water partition coefficient (Wildman–Crippen LogP) is 2.63. The van der Waals surface area contributed by atoms with Crippen molar-refractivity contribution in [1.82, 2.24) is 19.7 Å². The van der Waals surface area contributed by atoms with Crippen LogP contribution in [0.15, 0.2) is 23.0 Å². The predicted molar refractivity (Wildman–Crippen MR) is 95.1 cm³/mol. The SMILES string of the molecule is Cc1ccc(-n2nc3nc(N4CCCC4)[nH]c(=O)c3c2C)c(C)c1. The van der Waals surface area contributed by atoms with Crippen molar-refractivity contribution in [1.29, 1.82) is 0 Å². The second-order valence-corrected chi connectivity index (χ2v) is 6.57. The summed E-state index contributed by atoms with van der Waals surface area (Å²) in [6.45, 7) is 7.91. The van der Waals surface area contributed by atoms with Crippen molar-refractivity contribution in [3.63, 3.8) is 0 Å². The van der Waals surface area contributed by atoms with Gasteiger partial charge in [0.15, 0.2) is 5.65 Å². The van der Waals surface area contributed by atoms with E-state index in [2.05, 4.69) is 45.9 Å². The van der Waals surface area contributed by atoms with Crippen molar-refractivity contribution >= 4 is 17.0 Å². The normalized spacial score (nSPS) is 14.7. The first-order valence-corrected chi connectivity index (χ1v) is 8.37. The van der Waals surface area contributed by atoms with Gasteiger partial charge in [-0.05, 0) is 45.2 Å². The first kappa shape index (κ1) is 14.9. The minimum Gasteiger partial charge on any atom is -0.342 e. The van der Waals surface area contributed by atoms with E-state index in [9.17, 15) is 4.79 Å². The fourth-order valence-corrected chi connectivity index (χ4v) is 3.48. The van der Waals surface area contributed by atoms with E-state index in [1.54, 1.807) is 0 Å². The number of H-pyrrole nitrogens is 1. The first-order chi connectivity index (χ1) is 11.5. The number of aryl methyl sites for hydroxylation is 3. The van der Waals surface area contributed by atoms with Gasteiger partial charge in [0, 0.05) is 13.1 Å². The fraction of sp³-hybridized carbons (Fsp3) is 0.389. The van der Waals surface area contributed by atoms with Gasteiger partial charge in [-0.3, -0.25) is 9.78 Å². The fourth-order valence-electron chi connectivity index (χ4n) is 3.48. The zero-order valence-corrected chi connectivity index (χ0v) is 14.3. The number of benzene rings is 1. The van der Waals surface area contributed by atoms with Crippen molar-refractivity contribution in [2.24, 2.45) is 0 Å². The minimum atomic E-state index is -0.115. The number of rotatable bonds is 2. The van der Waals surface area contributed by atoms with Crippen LogP contribution in [-0.2, 0) is 0 Å². The Balaban J connectivity index is 1.90. The van der Waals surface area contributed by atoms with Crippen LogP contribution >= 0.6 is 0 Å². The highest BCUT2D eigenvalue weighted by Crippen LogP contribution is 2.22. The molecule has 6 nitrogen and oxygen atoms in total. The molecular formula is C18H21N5O. The molecule has 24 heavy (non-hydrogen) atoms. The maximum Gasteiger partial charge on any atom is 0.263 e. The van der Waals surface area contributed by atoms with E-state index >= 15 is 0 Å². The Labute approximate surface area is 140 Å². The standard InChI is InChI=1S/C18H21N5O/c1-11-6-7-14(12(2)10-11)23-13(3)15-16(21-23)19-18(20-17(15)24)22-8-4-5-9-22/h6-7,10H,4-5,8-9H2,1-3H3,(H,19,20,21,24). The number of aromatic nitrogens is 4. The summed E-state index contributed by atoms with van der Waals surface area (Å²) in [6.07, 6.45) is 2.27. The quantitative estimate of drug-likeness (QED) is 0.787. The van der Waals surface area contributed by atoms with Crippen LogP contribution in [0.4, 0.5) is 5.95 Å². The van der Waals surface area contributed by atoms with Crippen LogP contribution in [0.2, 0.25) is 0 Å². The molecule has 0 atom stereocenters. The summed E-state index contributed by atoms with van der Waals surface area (Å²) in [7, 11) is 0. The van der Waals surface area contributed by atoms with Crippen molar-refractivity contribution in [2.75, 3.05) is 18.0 Å². The molecule has 0 spiro atoms. The van der Waals surface area contributed by atoms with E-state index in [1.165, 1.54) is 5.56 Å². The largest absolute Gasteiger partial charge is 0.342 e. The molecule has 1 aromatic carbocycles. The smallest absolute Gasteiger partial charge is 0.263 e. The topological polar surface area (TPSA) is 66.8 Å². The van der Waals surface area contributed by atoms with E-state index in [-0.39, 0.29) is 5.56 Å². The summed E-state index contributed by atoms with van der Waals surface area (Å²) in [5.74, 6) is 0.635. The number of hydrogen-bond donors (Lipinski definition) is 1. The Morgan fingerprint density at radius 2 is 1.88 bits per heavy atom. The highest BCUT2D eigenvalue weighted by molar-refractivity contribution is 5.78. The number of nitrogens with zero attached hydrogens (tertiary/aromatic N) is 4. The number of fused-ring (bicyclic) bond motifs is 1. The number of hydrogen-bond acceptors (Lipinski definition) is 4. The van der Waals surface area contributed by atoms with Crippen LogP contribution in [0.3, 0.4) is 0 Å². The number of aromatic amines is 1. The molecule has 1 N–H and O–H groups in total. The summed E-state index contributed by atoms with van der Waals surface area (Å²) >= 11 is 0. The highest BCUT2D eigenvalue weighted by Gasteiger charge is 2.20. The maximum atomic E-state index is 12.6. The minimum absolute atomic E-state index is 0.115. The van der Waals surface area contributed by atoms with E-state index in [4.69, 9.17) is 0 Å². The van der Waals surface area contributed by atoms with Gasteiger partial charge in [-0.15, -0.1) is 5.10 Å². The van der Waals surface area contributed by atoms with E-state index in [0.717, 1.165) is 42.9 Å². The Kier molecular flexibility index (Phi) is 3.40. The van der Waals surface area contributed by atoms with Gasteiger partial charge in [0.1, 0.15) is 5.39 Å². The summed E-state index contributed by atoms with van der Waals surface area (Å²) in [4.78, 5) is 22.2. The molecule has 0 unspecified atom stereocenters. The molecule has 1 aliphatic rings. The maximum absolute atomic E-state index is 12.6. The van der Waals surface area contributed by atoms with Gasteiger partial charge in [0.05, 0.1) is 11.4 Å². The monoisotopic (exact) mass is 323 g/mol. The second kappa shape index (κ2) is 5.47. The molecule has 1 aliphatic heterocycles. The molecule has 0 bridgehead atoms. The molecule has 0 saturated carbocycles. The molecule has 3 aromatic rings. The van der Waals surface area contributed by atoms with Crippen LogP contribution in [-0.4, -0.2) is 32.8 Å². The molecule has 2 aromatic heterocycles. The van der Waals surface area contributed by atoms with Gasteiger partial charge in [0.25, 0.3) is 5.56 Å². The summed E-state index contributed by atoms with van der Waals surface area (Å²) < 4.78 is 1.83. The third kappa shape index (κ3) is 2.29. The molecule has 6 heteroatoms. The van der Waals surface area contributed by atoms with Gasteiger partial charge in [-0.25, -0.2) is 4.68 Å². The van der Waals surface area contributed by atoms with Gasteiger partial charge < -0.3 is 4.90 Å². The molecule has 1 fully saturated rings. The lowest BCUT2D eigenvalue weighted by molar-refractivity contribution is 0.845. The Morgan fingerprint density at radius 3 is 2.58 bits per heavy atom. The second-order valence-electron chi connectivity index (χ2n) is 6.57. The zero-order valence-electron chi connectivity index (χ0n) is 14.3. The van der Waals surface area contributed by atoms with Gasteiger partial charge in [-0.1, -0.05) is 17.7 Å². The van der Waals surface area contributed by atoms with Crippen molar-refractivity contribution in [3.8, 4) is 5.69 Å². The molecule has 0 radical (unpaired) electrons. The lowest BCUT2D eigenvalue weighted by Gasteiger charge is -2.14. The zero-order chi connectivity index (χ0) is 16.8. The molecule has 4 rings (SSSR count). The molecule has 3 heterocycles. The third-order valence-electron chi connectivity index (χ3n) is 4.75. The van der Waals surface area contributed by atoms with Crippen LogP contribution in [0.5, 0.6) is 0 Å². The molecule has 0 amide bonds. The number of anilines is 1. The molecular weight excluding hydrogens is 302 g/mol. The third-order valence-corrected chi connectivity index (χ3v) is 4.75. The Hall–Kier alpha value is -2.63. The molecule has 0 aliphatic carbocycles. The van der Waals surface area contributed by atoms with Crippen LogP contribution < -0.4 is 10.5 Å². The Morgan fingerprint density at radius 1 is 1.12 bits per heavy atom. The first-order valence-electron chi connectivity index (χ1n) is 8.37. The van der Waals surface area contributed by atoms with Gasteiger partial charge in [0.2, 0.25) is 5.95 Å². The molecule has 124 valence electrons. The van der Waals surface area contributed by atoms with Crippen molar-refractivity contribution < 1.29 is 0 Å². The summed E-state index contributed by atoms with van der Waals surface area (Å²) in [6, 6.07) is 6.22. The lowest BCUT2D eigenvalue weighted by atomic mass is 10.1. The van der Waals surface area contributed by atoms with E-state index < -0.39 is 0 Å². The van der Waals surface area contributed by atoms with Crippen LogP contribution in [0.25, 0.3) is 16.7 Å². The van der Waals surface area contributed by atoms with Crippen molar-refractivity contribution in [2.45, 2.75) is 33.6 Å². The van der Waals surface area contributed by atoms with Crippen molar-refractivity contribution in [3.05, 3.63) is 45.4 Å². The average Bonchev–Trinajstić information content (AvgIpc) is 3.16. The Bertz CT molecular complexity index is 979. The highest BCUT2D eigenvalue weighted by atomic mass is 16.1. The summed E-state index contributed by atoms with van der Waals surface area (Å²) in [5, 5.41) is 5.19. The molecule has 1 saturated heterocycles. The number of nitrogens with one attached hydrogen (secondary N) is 1. The lowest BCUT2D eigenvalue weighted by Crippen LogP contribution is -2.23. The van der Waals surface area contributed by atoms with E-state index in [0.29, 0.717) is 17.0 Å². The van der Waals surface area contributed by atoms with E-state index in [1.807, 2.05) is 17.7 Å².